The van der Waals surface area contributed by atoms with Gasteiger partial charge in [-0.15, -0.1) is 0 Å². The van der Waals surface area contributed by atoms with Crippen LogP contribution in [0, 0.1) is 11.8 Å². The first-order chi connectivity index (χ1) is 10.2. The molecule has 1 aliphatic carbocycles. The Hall–Kier alpha value is -1.31. The summed E-state index contributed by atoms with van der Waals surface area (Å²) in [5.41, 5.74) is 2.24. The summed E-state index contributed by atoms with van der Waals surface area (Å²) in [6.07, 6.45) is 11.0. The van der Waals surface area contributed by atoms with Crippen LogP contribution >= 0.6 is 0 Å². The van der Waals surface area contributed by atoms with E-state index >= 15 is 0 Å². The molecule has 2 rings (SSSR count). The minimum absolute atomic E-state index is 0.127. The molecule has 1 saturated carbocycles. The Kier molecular flexibility index (Phi) is 6.28. The van der Waals surface area contributed by atoms with Crippen LogP contribution in [0.5, 0.6) is 0 Å². The van der Waals surface area contributed by atoms with Crippen molar-refractivity contribution in [3.63, 3.8) is 0 Å². The molecular formula is C19H28O2. The maximum atomic E-state index is 10.7. The van der Waals surface area contributed by atoms with Crippen molar-refractivity contribution in [3.05, 3.63) is 35.4 Å². The number of aliphatic carboxylic acids is 1. The first-order valence-electron chi connectivity index (χ1n) is 8.47. The molecule has 2 nitrogen and oxygen atoms in total. The highest BCUT2D eigenvalue weighted by Crippen LogP contribution is 2.33. The number of carbonyl (C=O) groups is 1. The van der Waals surface area contributed by atoms with E-state index in [1.165, 1.54) is 50.5 Å². The van der Waals surface area contributed by atoms with Crippen molar-refractivity contribution in [1.82, 2.24) is 0 Å². The smallest absolute Gasteiger partial charge is 0.307 e. The van der Waals surface area contributed by atoms with Crippen LogP contribution in [0.1, 0.15) is 63.0 Å². The predicted molar refractivity (Wildman–Crippen MR) is 86.5 cm³/mol. The fourth-order valence-electron chi connectivity index (χ4n) is 3.59. The van der Waals surface area contributed by atoms with Crippen LogP contribution < -0.4 is 0 Å². The summed E-state index contributed by atoms with van der Waals surface area (Å²) >= 11 is 0. The maximum Gasteiger partial charge on any atom is 0.307 e. The highest BCUT2D eigenvalue weighted by atomic mass is 16.4. The molecular weight excluding hydrogens is 260 g/mol. The monoisotopic (exact) mass is 288 g/mol. The number of aryl methyl sites for hydroxylation is 1. The lowest BCUT2D eigenvalue weighted by atomic mass is 9.78. The van der Waals surface area contributed by atoms with E-state index in [1.807, 2.05) is 12.1 Å². The van der Waals surface area contributed by atoms with Crippen molar-refractivity contribution in [2.45, 2.75) is 64.7 Å². The van der Waals surface area contributed by atoms with Gasteiger partial charge in [0.1, 0.15) is 0 Å². The van der Waals surface area contributed by atoms with Gasteiger partial charge < -0.3 is 5.11 Å². The third-order valence-corrected chi connectivity index (χ3v) is 4.88. The van der Waals surface area contributed by atoms with Gasteiger partial charge in [-0.25, -0.2) is 0 Å². The van der Waals surface area contributed by atoms with E-state index in [4.69, 9.17) is 5.11 Å². The second-order valence-corrected chi connectivity index (χ2v) is 6.60. The summed E-state index contributed by atoms with van der Waals surface area (Å²) in [5, 5.41) is 8.77. The molecule has 1 aromatic carbocycles. The number of benzene rings is 1. The minimum Gasteiger partial charge on any atom is -0.481 e. The number of hydrogen-bond acceptors (Lipinski definition) is 1. The zero-order valence-electron chi connectivity index (χ0n) is 13.2. The summed E-state index contributed by atoms with van der Waals surface area (Å²) in [4.78, 5) is 10.7. The SMILES string of the molecule is CCC[C@H]1CC[C@H](CCc2ccc(CC(=O)O)cc2)CC1. The van der Waals surface area contributed by atoms with Crippen LogP contribution in [-0.4, -0.2) is 11.1 Å². The van der Waals surface area contributed by atoms with Gasteiger partial charge in [0.2, 0.25) is 0 Å². The van der Waals surface area contributed by atoms with Crippen LogP contribution in [0.3, 0.4) is 0 Å². The molecule has 0 bridgehead atoms. The molecule has 0 unspecified atom stereocenters. The van der Waals surface area contributed by atoms with Crippen molar-refractivity contribution in [2.24, 2.45) is 11.8 Å². The van der Waals surface area contributed by atoms with Gasteiger partial charge in [-0.3, -0.25) is 4.79 Å². The first-order valence-corrected chi connectivity index (χ1v) is 8.47. The molecule has 1 aromatic rings. The van der Waals surface area contributed by atoms with Crippen molar-refractivity contribution in [1.29, 1.82) is 0 Å². The van der Waals surface area contributed by atoms with Crippen LogP contribution in [0.15, 0.2) is 24.3 Å². The van der Waals surface area contributed by atoms with Gasteiger partial charge in [0, 0.05) is 0 Å². The third kappa shape index (κ3) is 5.53. The van der Waals surface area contributed by atoms with Gasteiger partial charge in [0.15, 0.2) is 0 Å². The van der Waals surface area contributed by atoms with Crippen molar-refractivity contribution < 1.29 is 9.90 Å². The predicted octanol–water partition coefficient (Wildman–Crippen LogP) is 4.85. The van der Waals surface area contributed by atoms with E-state index in [9.17, 15) is 4.79 Å². The first kappa shape index (κ1) is 16.1. The van der Waals surface area contributed by atoms with Crippen LogP contribution in [0.2, 0.25) is 0 Å². The van der Waals surface area contributed by atoms with Gasteiger partial charge in [0.05, 0.1) is 6.42 Å². The zero-order chi connectivity index (χ0) is 15.1. The summed E-state index contributed by atoms with van der Waals surface area (Å²) in [5.74, 6) is 1.13. The fraction of sp³-hybridized carbons (Fsp3) is 0.632. The van der Waals surface area contributed by atoms with Gasteiger partial charge in [-0.05, 0) is 35.8 Å². The molecule has 116 valence electrons. The summed E-state index contributed by atoms with van der Waals surface area (Å²) in [6.45, 7) is 2.29. The summed E-state index contributed by atoms with van der Waals surface area (Å²) in [7, 11) is 0. The molecule has 0 amide bonds. The lowest BCUT2D eigenvalue weighted by Crippen LogP contribution is -2.15. The van der Waals surface area contributed by atoms with Crippen molar-refractivity contribution in [2.75, 3.05) is 0 Å². The highest BCUT2D eigenvalue weighted by Gasteiger charge is 2.20. The lowest BCUT2D eigenvalue weighted by molar-refractivity contribution is -0.136. The van der Waals surface area contributed by atoms with E-state index in [-0.39, 0.29) is 6.42 Å². The van der Waals surface area contributed by atoms with E-state index in [2.05, 4.69) is 19.1 Å². The molecule has 0 atom stereocenters. The lowest BCUT2D eigenvalue weighted by Gasteiger charge is -2.28. The summed E-state index contributed by atoms with van der Waals surface area (Å²) < 4.78 is 0. The van der Waals surface area contributed by atoms with Gasteiger partial charge >= 0.3 is 5.97 Å². The van der Waals surface area contributed by atoms with Crippen molar-refractivity contribution in [3.8, 4) is 0 Å². The molecule has 1 aliphatic rings. The van der Waals surface area contributed by atoms with Gasteiger partial charge in [0.25, 0.3) is 0 Å². The Morgan fingerprint density at radius 2 is 1.52 bits per heavy atom. The van der Waals surface area contributed by atoms with E-state index < -0.39 is 5.97 Å². The van der Waals surface area contributed by atoms with Crippen molar-refractivity contribution >= 4 is 5.97 Å². The average Bonchev–Trinajstić information content (AvgIpc) is 2.48. The van der Waals surface area contributed by atoms with E-state index in [0.29, 0.717) is 0 Å². The molecule has 0 aromatic heterocycles. The average molecular weight is 288 g/mol. The standard InChI is InChI=1S/C19H28O2/c1-2-3-15-4-6-16(7-5-15)8-9-17-10-12-18(13-11-17)14-19(20)21/h10-13,15-16H,2-9,14H2,1H3,(H,20,21)/t15-,16-. The molecule has 2 heteroatoms. The van der Waals surface area contributed by atoms with Crippen LogP contribution in [0.4, 0.5) is 0 Å². The molecule has 1 fully saturated rings. The molecule has 21 heavy (non-hydrogen) atoms. The molecule has 0 heterocycles. The van der Waals surface area contributed by atoms with Gasteiger partial charge in [-0.2, -0.15) is 0 Å². The largest absolute Gasteiger partial charge is 0.481 e. The third-order valence-electron chi connectivity index (χ3n) is 4.88. The Balaban J connectivity index is 1.72. The quantitative estimate of drug-likeness (QED) is 0.778. The fourth-order valence-corrected chi connectivity index (χ4v) is 3.59. The normalized spacial score (nSPS) is 22.1. The number of carboxylic acid groups (broad SMARTS) is 1. The molecule has 0 aliphatic heterocycles. The summed E-state index contributed by atoms with van der Waals surface area (Å²) in [6, 6.07) is 8.12. The Morgan fingerprint density at radius 3 is 2.05 bits per heavy atom. The Morgan fingerprint density at radius 1 is 1.00 bits per heavy atom. The second kappa shape index (κ2) is 8.21. The minimum atomic E-state index is -0.758. The molecule has 0 radical (unpaired) electrons. The molecule has 1 N–H and O–H groups in total. The van der Waals surface area contributed by atoms with E-state index in [0.717, 1.165) is 23.8 Å². The molecule has 0 saturated heterocycles. The van der Waals surface area contributed by atoms with Crippen LogP contribution in [0.25, 0.3) is 0 Å². The zero-order valence-corrected chi connectivity index (χ0v) is 13.2. The van der Waals surface area contributed by atoms with Crippen LogP contribution in [-0.2, 0) is 17.6 Å². The van der Waals surface area contributed by atoms with E-state index in [1.54, 1.807) is 0 Å². The number of rotatable bonds is 7. The topological polar surface area (TPSA) is 37.3 Å². The highest BCUT2D eigenvalue weighted by molar-refractivity contribution is 5.70. The maximum absolute atomic E-state index is 10.7. The number of hydrogen-bond donors (Lipinski definition) is 1. The Labute approximate surface area is 128 Å². The second-order valence-electron chi connectivity index (χ2n) is 6.60. The number of carboxylic acids is 1. The molecule has 0 spiro atoms. The van der Waals surface area contributed by atoms with Gasteiger partial charge in [-0.1, -0.05) is 69.7 Å². The Bertz CT molecular complexity index is 427.